The van der Waals surface area contributed by atoms with Gasteiger partial charge in [0.1, 0.15) is 0 Å². The molecule has 0 radical (unpaired) electrons. The Balaban J connectivity index is 2.11. The summed E-state index contributed by atoms with van der Waals surface area (Å²) in [5, 5.41) is 4.44. The van der Waals surface area contributed by atoms with E-state index in [1.807, 2.05) is 6.07 Å². The number of hydrogen-bond acceptors (Lipinski definition) is 2. The molecule has 0 aliphatic carbocycles. The molecule has 2 rings (SSSR count). The highest BCUT2D eigenvalue weighted by Gasteiger charge is 2.01. The molecule has 5 heteroatoms. The van der Waals surface area contributed by atoms with E-state index in [4.69, 9.17) is 23.2 Å². The molecule has 0 spiro atoms. The maximum Gasteiger partial charge on any atom is 0.250 e. The lowest BCUT2D eigenvalue weighted by molar-refractivity contribution is 0.859. The minimum Gasteiger partial charge on any atom is -0.380 e. The molecule has 1 heterocycles. The molecule has 2 aromatic rings. The second kappa shape index (κ2) is 5.46. The average molecular weight is 283 g/mol. The van der Waals surface area contributed by atoms with Gasteiger partial charge in [-0.05, 0) is 23.8 Å². The second-order valence-corrected chi connectivity index (χ2v) is 4.80. The Labute approximate surface area is 115 Å². The molecule has 1 aromatic carbocycles. The highest BCUT2D eigenvalue weighted by molar-refractivity contribution is 6.35. The number of rotatable bonds is 3. The Morgan fingerprint density at radius 2 is 2.00 bits per heavy atom. The van der Waals surface area contributed by atoms with Crippen LogP contribution in [0.15, 0.2) is 41.3 Å². The predicted octanol–water partition coefficient (Wildman–Crippen LogP) is 3.30. The third-order valence-electron chi connectivity index (χ3n) is 2.58. The topological polar surface area (TPSA) is 34.0 Å². The summed E-state index contributed by atoms with van der Waals surface area (Å²) in [6, 6.07) is 8.64. The van der Waals surface area contributed by atoms with Crippen molar-refractivity contribution in [2.45, 2.75) is 6.54 Å². The number of hydrogen-bond donors (Lipinski definition) is 1. The largest absolute Gasteiger partial charge is 0.380 e. The fourth-order valence-corrected chi connectivity index (χ4v) is 2.04. The quantitative estimate of drug-likeness (QED) is 0.937. The third-order valence-corrected chi connectivity index (χ3v) is 3.17. The van der Waals surface area contributed by atoms with Crippen LogP contribution in [0, 0.1) is 0 Å². The molecule has 0 unspecified atom stereocenters. The first-order chi connectivity index (χ1) is 8.56. The fraction of sp³-hybridized carbons (Fsp3) is 0.154. The Morgan fingerprint density at radius 3 is 2.67 bits per heavy atom. The monoisotopic (exact) mass is 282 g/mol. The molecule has 1 aromatic heterocycles. The number of aryl methyl sites for hydroxylation is 1. The molecule has 18 heavy (non-hydrogen) atoms. The molecule has 0 atom stereocenters. The Kier molecular flexibility index (Phi) is 3.94. The smallest absolute Gasteiger partial charge is 0.250 e. The van der Waals surface area contributed by atoms with E-state index in [-0.39, 0.29) is 5.56 Å². The summed E-state index contributed by atoms with van der Waals surface area (Å²) in [5.74, 6) is 0. The van der Waals surface area contributed by atoms with Gasteiger partial charge in [0.2, 0.25) is 5.56 Å². The molecular weight excluding hydrogens is 271 g/mol. The van der Waals surface area contributed by atoms with Crippen LogP contribution in [0.25, 0.3) is 0 Å². The third kappa shape index (κ3) is 3.06. The van der Waals surface area contributed by atoms with Crippen LogP contribution in [0.4, 0.5) is 5.69 Å². The van der Waals surface area contributed by atoms with Gasteiger partial charge in [-0.1, -0.05) is 29.3 Å². The second-order valence-electron chi connectivity index (χ2n) is 3.96. The van der Waals surface area contributed by atoms with Crippen LogP contribution < -0.4 is 10.9 Å². The molecule has 3 nitrogen and oxygen atoms in total. The fourth-order valence-electron chi connectivity index (χ4n) is 1.56. The van der Waals surface area contributed by atoms with Crippen molar-refractivity contribution in [2.75, 3.05) is 5.32 Å². The molecular formula is C13H12Cl2N2O. The summed E-state index contributed by atoms with van der Waals surface area (Å²) >= 11 is 11.9. The van der Waals surface area contributed by atoms with Crippen LogP contribution >= 0.6 is 23.2 Å². The summed E-state index contributed by atoms with van der Waals surface area (Å²) < 4.78 is 1.52. The lowest BCUT2D eigenvalue weighted by atomic mass is 10.2. The molecule has 0 saturated heterocycles. The van der Waals surface area contributed by atoms with E-state index < -0.39 is 0 Å². The van der Waals surface area contributed by atoms with Gasteiger partial charge in [0, 0.05) is 35.9 Å². The van der Waals surface area contributed by atoms with Crippen molar-refractivity contribution in [3.8, 4) is 0 Å². The summed E-state index contributed by atoms with van der Waals surface area (Å²) in [5.41, 5.74) is 1.78. The molecule has 0 bridgehead atoms. The van der Waals surface area contributed by atoms with E-state index in [0.29, 0.717) is 16.6 Å². The van der Waals surface area contributed by atoms with Crippen molar-refractivity contribution in [1.29, 1.82) is 0 Å². The average Bonchev–Trinajstić information content (AvgIpc) is 2.32. The number of halogens is 2. The molecule has 0 aliphatic rings. The van der Waals surface area contributed by atoms with Gasteiger partial charge in [-0.2, -0.15) is 0 Å². The van der Waals surface area contributed by atoms with Crippen molar-refractivity contribution in [2.24, 2.45) is 7.05 Å². The maximum atomic E-state index is 11.2. The van der Waals surface area contributed by atoms with Gasteiger partial charge >= 0.3 is 0 Å². The first-order valence-electron chi connectivity index (χ1n) is 5.41. The van der Waals surface area contributed by atoms with E-state index in [0.717, 1.165) is 11.3 Å². The van der Waals surface area contributed by atoms with E-state index in [9.17, 15) is 4.79 Å². The van der Waals surface area contributed by atoms with Crippen LogP contribution in [0.2, 0.25) is 10.0 Å². The van der Waals surface area contributed by atoms with Crippen molar-refractivity contribution in [1.82, 2.24) is 4.57 Å². The number of aromatic nitrogens is 1. The normalized spacial score (nSPS) is 10.4. The van der Waals surface area contributed by atoms with Crippen molar-refractivity contribution < 1.29 is 0 Å². The van der Waals surface area contributed by atoms with Gasteiger partial charge in [-0.25, -0.2) is 0 Å². The number of pyridine rings is 1. The van der Waals surface area contributed by atoms with Gasteiger partial charge < -0.3 is 9.88 Å². The van der Waals surface area contributed by atoms with Gasteiger partial charge in [0.05, 0.1) is 5.69 Å². The van der Waals surface area contributed by atoms with Gasteiger partial charge in [-0.3, -0.25) is 4.79 Å². The first-order valence-corrected chi connectivity index (χ1v) is 6.16. The van der Waals surface area contributed by atoms with Gasteiger partial charge in [0.25, 0.3) is 0 Å². The van der Waals surface area contributed by atoms with Crippen LogP contribution in [0.3, 0.4) is 0 Å². The summed E-state index contributed by atoms with van der Waals surface area (Å²) in [6.07, 6.45) is 1.74. The Morgan fingerprint density at radius 1 is 1.22 bits per heavy atom. The molecule has 1 N–H and O–H groups in total. The standard InChI is InChI=1S/C13H12Cl2N2O/c1-17-8-11(4-5-13(17)18)16-7-9-2-3-10(14)6-12(9)15/h2-6,8,16H,7H2,1H3. The minimum atomic E-state index is -0.0370. The van der Waals surface area contributed by atoms with E-state index in [1.165, 1.54) is 10.6 Å². The zero-order valence-corrected chi connectivity index (χ0v) is 11.3. The number of anilines is 1. The van der Waals surface area contributed by atoms with Crippen LogP contribution in [-0.2, 0) is 13.6 Å². The summed E-state index contributed by atoms with van der Waals surface area (Å²) in [7, 11) is 1.71. The van der Waals surface area contributed by atoms with Gasteiger partial charge in [-0.15, -0.1) is 0 Å². The Bertz CT molecular complexity index is 623. The Hall–Kier alpha value is -1.45. The molecule has 0 amide bonds. The first kappa shape index (κ1) is 13.0. The summed E-state index contributed by atoms with van der Waals surface area (Å²) in [4.78, 5) is 11.2. The molecule has 94 valence electrons. The zero-order valence-electron chi connectivity index (χ0n) is 9.78. The SMILES string of the molecule is Cn1cc(NCc2ccc(Cl)cc2Cl)ccc1=O. The lowest BCUT2D eigenvalue weighted by Crippen LogP contribution is -2.15. The summed E-state index contributed by atoms with van der Waals surface area (Å²) in [6.45, 7) is 0.578. The maximum absolute atomic E-state index is 11.2. The van der Waals surface area contributed by atoms with Crippen molar-refractivity contribution in [3.63, 3.8) is 0 Å². The van der Waals surface area contributed by atoms with Crippen molar-refractivity contribution in [3.05, 3.63) is 62.5 Å². The molecule has 0 aliphatic heterocycles. The van der Waals surface area contributed by atoms with E-state index >= 15 is 0 Å². The van der Waals surface area contributed by atoms with E-state index in [1.54, 1.807) is 31.4 Å². The highest BCUT2D eigenvalue weighted by Crippen LogP contribution is 2.21. The lowest BCUT2D eigenvalue weighted by Gasteiger charge is -2.09. The van der Waals surface area contributed by atoms with Crippen LogP contribution in [0.5, 0.6) is 0 Å². The zero-order chi connectivity index (χ0) is 13.1. The van der Waals surface area contributed by atoms with Crippen molar-refractivity contribution >= 4 is 28.9 Å². The molecule has 0 saturated carbocycles. The molecule has 0 fully saturated rings. The van der Waals surface area contributed by atoms with Gasteiger partial charge in [0.15, 0.2) is 0 Å². The predicted molar refractivity (Wildman–Crippen MR) is 75.5 cm³/mol. The number of nitrogens with zero attached hydrogens (tertiary/aromatic N) is 1. The van der Waals surface area contributed by atoms with Crippen LogP contribution in [0.1, 0.15) is 5.56 Å². The number of nitrogens with one attached hydrogen (secondary N) is 1. The van der Waals surface area contributed by atoms with Crippen LogP contribution in [-0.4, -0.2) is 4.57 Å². The highest BCUT2D eigenvalue weighted by atomic mass is 35.5. The number of benzene rings is 1. The minimum absolute atomic E-state index is 0.0370. The van der Waals surface area contributed by atoms with E-state index in [2.05, 4.69) is 5.32 Å².